The van der Waals surface area contributed by atoms with Gasteiger partial charge in [-0.25, -0.2) is 9.97 Å². The average Bonchev–Trinajstić information content (AvgIpc) is 3.29. The first-order valence-corrected chi connectivity index (χ1v) is 7.63. The summed E-state index contributed by atoms with van der Waals surface area (Å²) in [6.45, 7) is 2.22. The van der Waals surface area contributed by atoms with Crippen molar-refractivity contribution in [1.29, 1.82) is 0 Å². The van der Waals surface area contributed by atoms with Crippen molar-refractivity contribution in [2.45, 2.75) is 32.4 Å². The van der Waals surface area contributed by atoms with E-state index in [-0.39, 0.29) is 5.91 Å². The normalized spacial score (nSPS) is 13.7. The number of halogens is 1. The Morgan fingerprint density at radius 3 is 2.82 bits per heavy atom. The van der Waals surface area contributed by atoms with Crippen LogP contribution in [0.5, 0.6) is 0 Å². The van der Waals surface area contributed by atoms with Crippen LogP contribution in [-0.2, 0) is 6.54 Å². The number of carbonyl (C=O) groups is 1. The molecule has 2 aromatic rings. The molecule has 5 nitrogen and oxygen atoms in total. The highest BCUT2D eigenvalue weighted by molar-refractivity contribution is 6.31. The molecule has 1 aromatic carbocycles. The van der Waals surface area contributed by atoms with E-state index in [0.29, 0.717) is 29.3 Å². The lowest BCUT2D eigenvalue weighted by Crippen LogP contribution is -2.25. The fraction of sp³-hybridized carbons (Fsp3) is 0.312. The van der Waals surface area contributed by atoms with E-state index >= 15 is 0 Å². The maximum absolute atomic E-state index is 12.3. The molecule has 0 radical (unpaired) electrons. The Hall–Kier alpha value is -2.14. The van der Waals surface area contributed by atoms with Gasteiger partial charge in [0, 0.05) is 23.3 Å². The van der Waals surface area contributed by atoms with Crippen molar-refractivity contribution in [2.24, 2.45) is 0 Å². The molecule has 2 N–H and O–H groups in total. The smallest absolute Gasteiger partial charge is 0.270 e. The van der Waals surface area contributed by atoms with Crippen molar-refractivity contribution >= 4 is 23.5 Å². The second-order valence-electron chi connectivity index (χ2n) is 5.41. The molecule has 22 heavy (non-hydrogen) atoms. The van der Waals surface area contributed by atoms with Gasteiger partial charge < -0.3 is 10.6 Å². The molecule has 0 aliphatic heterocycles. The summed E-state index contributed by atoms with van der Waals surface area (Å²) in [5.41, 5.74) is 2.00. The number of amides is 1. The van der Waals surface area contributed by atoms with Gasteiger partial charge in [0.15, 0.2) is 0 Å². The second-order valence-corrected chi connectivity index (χ2v) is 5.82. The molecule has 6 heteroatoms. The molecule has 1 aromatic heterocycles. The van der Waals surface area contributed by atoms with Crippen molar-refractivity contribution in [1.82, 2.24) is 15.3 Å². The Morgan fingerprint density at radius 2 is 2.09 bits per heavy atom. The van der Waals surface area contributed by atoms with Gasteiger partial charge >= 0.3 is 0 Å². The zero-order chi connectivity index (χ0) is 15.5. The number of aryl methyl sites for hydroxylation is 1. The first-order chi connectivity index (χ1) is 10.6. The second kappa shape index (κ2) is 6.32. The Labute approximate surface area is 134 Å². The monoisotopic (exact) mass is 316 g/mol. The average molecular weight is 317 g/mol. The highest BCUT2D eigenvalue weighted by atomic mass is 35.5. The van der Waals surface area contributed by atoms with E-state index in [1.165, 1.54) is 0 Å². The van der Waals surface area contributed by atoms with Gasteiger partial charge in [-0.1, -0.05) is 29.8 Å². The molecule has 1 aliphatic rings. The minimum Gasteiger partial charge on any atom is -0.351 e. The van der Waals surface area contributed by atoms with Crippen LogP contribution in [0.4, 0.5) is 5.95 Å². The Balaban J connectivity index is 1.68. The first-order valence-electron chi connectivity index (χ1n) is 7.25. The summed E-state index contributed by atoms with van der Waals surface area (Å²) in [6, 6.07) is 9.56. The maximum atomic E-state index is 12.3. The third kappa shape index (κ3) is 3.74. The predicted octanol–water partition coefficient (Wildman–Crippen LogP) is 2.94. The van der Waals surface area contributed by atoms with Gasteiger partial charge in [-0.2, -0.15) is 0 Å². The standard InChI is InChI=1S/C16H17ClN4O/c1-10-8-14(21-16(19-10)20-12-6-7-12)15(22)18-9-11-4-2-3-5-13(11)17/h2-5,8,12H,6-7,9H2,1H3,(H,18,22)(H,19,20,21). The van der Waals surface area contributed by atoms with Gasteiger partial charge in [-0.15, -0.1) is 0 Å². The van der Waals surface area contributed by atoms with Crippen LogP contribution in [0.1, 0.15) is 34.6 Å². The summed E-state index contributed by atoms with van der Waals surface area (Å²) in [6.07, 6.45) is 2.26. The molecular weight excluding hydrogens is 300 g/mol. The molecule has 0 saturated heterocycles. The number of hydrogen-bond donors (Lipinski definition) is 2. The first kappa shape index (κ1) is 14.8. The SMILES string of the molecule is Cc1cc(C(=O)NCc2ccccc2Cl)nc(NC2CC2)n1. The predicted molar refractivity (Wildman–Crippen MR) is 86.0 cm³/mol. The minimum absolute atomic E-state index is 0.232. The molecule has 1 amide bonds. The molecule has 0 atom stereocenters. The number of aromatic nitrogens is 2. The number of rotatable bonds is 5. The fourth-order valence-electron chi connectivity index (χ4n) is 2.07. The number of anilines is 1. The Bertz CT molecular complexity index is 700. The third-order valence-corrected chi connectivity index (χ3v) is 3.76. The quantitative estimate of drug-likeness (QED) is 0.890. The van der Waals surface area contributed by atoms with Gasteiger partial charge in [0.25, 0.3) is 5.91 Å². The number of benzene rings is 1. The Morgan fingerprint density at radius 1 is 1.32 bits per heavy atom. The van der Waals surface area contributed by atoms with Crippen LogP contribution in [0, 0.1) is 6.92 Å². The van der Waals surface area contributed by atoms with Crippen molar-refractivity contribution in [2.75, 3.05) is 5.32 Å². The summed E-state index contributed by atoms with van der Waals surface area (Å²) in [5, 5.41) is 6.69. The number of nitrogens with one attached hydrogen (secondary N) is 2. The largest absolute Gasteiger partial charge is 0.351 e. The van der Waals surface area contributed by atoms with Crippen LogP contribution in [0.25, 0.3) is 0 Å². The number of hydrogen-bond acceptors (Lipinski definition) is 4. The molecular formula is C16H17ClN4O. The third-order valence-electron chi connectivity index (χ3n) is 3.39. The van der Waals surface area contributed by atoms with E-state index in [9.17, 15) is 4.79 Å². The Kier molecular flexibility index (Phi) is 4.24. The topological polar surface area (TPSA) is 66.9 Å². The molecule has 0 bridgehead atoms. The van der Waals surface area contributed by atoms with Crippen molar-refractivity contribution < 1.29 is 4.79 Å². The molecule has 0 unspecified atom stereocenters. The number of nitrogens with zero attached hydrogens (tertiary/aromatic N) is 2. The molecule has 1 heterocycles. The summed E-state index contributed by atoms with van der Waals surface area (Å²) >= 11 is 6.08. The number of carbonyl (C=O) groups excluding carboxylic acids is 1. The fourth-order valence-corrected chi connectivity index (χ4v) is 2.27. The molecule has 1 fully saturated rings. The summed E-state index contributed by atoms with van der Waals surface area (Å²) in [4.78, 5) is 20.8. The summed E-state index contributed by atoms with van der Waals surface area (Å²) in [7, 11) is 0. The van der Waals surface area contributed by atoms with E-state index in [2.05, 4.69) is 20.6 Å². The van der Waals surface area contributed by atoms with Crippen LogP contribution in [-0.4, -0.2) is 21.9 Å². The van der Waals surface area contributed by atoms with Gasteiger partial charge in [-0.3, -0.25) is 4.79 Å². The van der Waals surface area contributed by atoms with E-state index in [1.54, 1.807) is 12.1 Å². The lowest BCUT2D eigenvalue weighted by Gasteiger charge is -2.09. The zero-order valence-corrected chi connectivity index (χ0v) is 13.0. The highest BCUT2D eigenvalue weighted by Gasteiger charge is 2.22. The zero-order valence-electron chi connectivity index (χ0n) is 12.3. The van der Waals surface area contributed by atoms with E-state index in [1.807, 2.05) is 25.1 Å². The van der Waals surface area contributed by atoms with Gasteiger partial charge in [-0.05, 0) is 37.5 Å². The summed E-state index contributed by atoms with van der Waals surface area (Å²) in [5.74, 6) is 0.287. The molecule has 1 saturated carbocycles. The van der Waals surface area contributed by atoms with Crippen LogP contribution in [0.2, 0.25) is 5.02 Å². The maximum Gasteiger partial charge on any atom is 0.270 e. The lowest BCUT2D eigenvalue weighted by molar-refractivity contribution is 0.0946. The van der Waals surface area contributed by atoms with Gasteiger partial charge in [0.2, 0.25) is 5.95 Å². The van der Waals surface area contributed by atoms with Crippen LogP contribution < -0.4 is 10.6 Å². The lowest BCUT2D eigenvalue weighted by atomic mass is 10.2. The van der Waals surface area contributed by atoms with E-state index in [0.717, 1.165) is 24.1 Å². The molecule has 1 aliphatic carbocycles. The molecule has 0 spiro atoms. The van der Waals surface area contributed by atoms with Crippen molar-refractivity contribution in [3.8, 4) is 0 Å². The van der Waals surface area contributed by atoms with E-state index in [4.69, 9.17) is 11.6 Å². The molecule has 3 rings (SSSR count). The van der Waals surface area contributed by atoms with Crippen LogP contribution in [0.3, 0.4) is 0 Å². The van der Waals surface area contributed by atoms with Crippen molar-refractivity contribution in [3.63, 3.8) is 0 Å². The van der Waals surface area contributed by atoms with Gasteiger partial charge in [0.1, 0.15) is 5.69 Å². The summed E-state index contributed by atoms with van der Waals surface area (Å²) < 4.78 is 0. The van der Waals surface area contributed by atoms with E-state index < -0.39 is 0 Å². The van der Waals surface area contributed by atoms with Gasteiger partial charge in [0.05, 0.1) is 0 Å². The van der Waals surface area contributed by atoms with Crippen LogP contribution >= 0.6 is 11.6 Å². The minimum atomic E-state index is -0.232. The highest BCUT2D eigenvalue weighted by Crippen LogP contribution is 2.23. The molecule has 114 valence electrons. The van der Waals surface area contributed by atoms with Crippen molar-refractivity contribution in [3.05, 3.63) is 52.3 Å². The van der Waals surface area contributed by atoms with Crippen LogP contribution in [0.15, 0.2) is 30.3 Å².